The molecule has 4 N–H and O–H groups in total. The molecule has 0 fully saturated rings. The van der Waals surface area contributed by atoms with E-state index >= 15 is 0 Å². The first-order valence-electron chi connectivity index (χ1n) is 9.12. The highest BCUT2D eigenvalue weighted by Crippen LogP contribution is 2.37. The van der Waals surface area contributed by atoms with Crippen LogP contribution in [0.2, 0.25) is 0 Å². The minimum atomic E-state index is -3.84. The molecule has 5 heteroatoms. The molecule has 29 heavy (non-hydrogen) atoms. The van der Waals surface area contributed by atoms with E-state index in [4.69, 9.17) is 11.5 Å². The van der Waals surface area contributed by atoms with Gasteiger partial charge in [-0.3, -0.25) is 0 Å². The quantitative estimate of drug-likeness (QED) is 0.471. The highest BCUT2D eigenvalue weighted by atomic mass is 32.2. The van der Waals surface area contributed by atoms with E-state index in [1.807, 2.05) is 60.7 Å². The summed E-state index contributed by atoms with van der Waals surface area (Å²) in [4.78, 5) is 0.416. The maximum Gasteiger partial charge on any atom is 0.207 e. The molecule has 0 unspecified atom stereocenters. The predicted molar refractivity (Wildman–Crippen MR) is 118 cm³/mol. The average Bonchev–Trinajstić information content (AvgIpc) is 2.74. The van der Waals surface area contributed by atoms with Crippen LogP contribution in [0.15, 0.2) is 107 Å². The molecular weight excluding hydrogens is 380 g/mol. The van der Waals surface area contributed by atoms with E-state index in [1.165, 1.54) is 0 Å². The van der Waals surface area contributed by atoms with E-state index < -0.39 is 9.84 Å². The van der Waals surface area contributed by atoms with Gasteiger partial charge in [-0.15, -0.1) is 0 Å². The molecule has 4 rings (SSSR count). The lowest BCUT2D eigenvalue weighted by atomic mass is 10.1. The number of hydrogen-bond acceptors (Lipinski definition) is 4. The van der Waals surface area contributed by atoms with Crippen LogP contribution in [0.25, 0.3) is 22.3 Å². The summed E-state index contributed by atoms with van der Waals surface area (Å²) < 4.78 is 27.5. The summed E-state index contributed by atoms with van der Waals surface area (Å²) in [5, 5.41) is 0. The Hall–Kier alpha value is -3.57. The molecule has 0 amide bonds. The first-order chi connectivity index (χ1) is 14.0. The van der Waals surface area contributed by atoms with E-state index in [-0.39, 0.29) is 9.79 Å². The summed E-state index contributed by atoms with van der Waals surface area (Å²) in [5.41, 5.74) is 15.7. The van der Waals surface area contributed by atoms with Crippen molar-refractivity contribution in [3.8, 4) is 22.3 Å². The van der Waals surface area contributed by atoms with E-state index in [0.717, 1.165) is 11.1 Å². The van der Waals surface area contributed by atoms with Crippen LogP contribution in [-0.2, 0) is 9.84 Å². The molecule has 0 heterocycles. The zero-order valence-corrected chi connectivity index (χ0v) is 16.4. The number of nitrogen functional groups attached to an aromatic ring is 2. The van der Waals surface area contributed by atoms with Gasteiger partial charge in [-0.2, -0.15) is 0 Å². The van der Waals surface area contributed by atoms with Gasteiger partial charge in [0.05, 0.1) is 9.79 Å². The highest BCUT2D eigenvalue weighted by Gasteiger charge is 2.25. The van der Waals surface area contributed by atoms with Crippen LogP contribution in [0.3, 0.4) is 0 Å². The molecule has 0 saturated heterocycles. The summed E-state index contributed by atoms with van der Waals surface area (Å²) in [6, 6.07) is 28.5. The minimum Gasteiger partial charge on any atom is -0.399 e. The molecule has 0 aliphatic rings. The van der Waals surface area contributed by atoms with Crippen molar-refractivity contribution in [2.75, 3.05) is 11.5 Å². The van der Waals surface area contributed by atoms with E-state index in [9.17, 15) is 8.42 Å². The van der Waals surface area contributed by atoms with Gasteiger partial charge in [0.25, 0.3) is 0 Å². The Labute approximate surface area is 170 Å². The number of benzene rings is 4. The third-order valence-corrected chi connectivity index (χ3v) is 6.63. The third-order valence-electron chi connectivity index (χ3n) is 4.76. The normalized spacial score (nSPS) is 11.3. The smallest absolute Gasteiger partial charge is 0.207 e. The lowest BCUT2D eigenvalue weighted by Gasteiger charge is -2.15. The Morgan fingerprint density at radius 2 is 0.897 bits per heavy atom. The van der Waals surface area contributed by atoms with Crippen LogP contribution in [0.5, 0.6) is 0 Å². The number of rotatable bonds is 4. The van der Waals surface area contributed by atoms with Gasteiger partial charge in [0.15, 0.2) is 0 Å². The topological polar surface area (TPSA) is 86.2 Å². The molecular formula is C24H20N2O2S. The fourth-order valence-corrected chi connectivity index (χ4v) is 5.03. The molecule has 4 aromatic rings. The summed E-state index contributed by atoms with van der Waals surface area (Å²) >= 11 is 0. The Balaban J connectivity index is 1.97. The number of nitrogens with two attached hydrogens (primary N) is 2. The molecule has 4 nitrogen and oxygen atoms in total. The highest BCUT2D eigenvalue weighted by molar-refractivity contribution is 7.91. The van der Waals surface area contributed by atoms with Crippen LogP contribution in [0.1, 0.15) is 0 Å². The second kappa shape index (κ2) is 7.45. The van der Waals surface area contributed by atoms with E-state index in [2.05, 4.69) is 0 Å². The molecule has 0 radical (unpaired) electrons. The Bertz CT molecular complexity index is 1170. The van der Waals surface area contributed by atoms with Crippen LogP contribution in [0.4, 0.5) is 11.4 Å². The summed E-state index contributed by atoms with van der Waals surface area (Å²) in [6.45, 7) is 0. The Morgan fingerprint density at radius 3 is 1.28 bits per heavy atom. The van der Waals surface area contributed by atoms with Gasteiger partial charge in [-0.05, 0) is 47.5 Å². The standard InChI is InChI=1S/C24H20N2O2S/c25-19-11-13-23(21(15-19)17-7-3-1-4-8-17)29(27,28)24-14-12-20(26)16-22(24)18-9-5-2-6-10-18/h1-16H,25-26H2. The maximum absolute atomic E-state index is 13.8. The third kappa shape index (κ3) is 3.60. The van der Waals surface area contributed by atoms with Crippen LogP contribution in [0, 0.1) is 0 Å². The molecule has 0 bridgehead atoms. The zero-order valence-electron chi connectivity index (χ0n) is 15.6. The first-order valence-corrected chi connectivity index (χ1v) is 10.6. The molecule has 4 aromatic carbocycles. The number of sulfone groups is 1. The molecule has 0 aliphatic carbocycles. The van der Waals surface area contributed by atoms with Crippen molar-refractivity contribution >= 4 is 21.2 Å². The van der Waals surface area contributed by atoms with Gasteiger partial charge in [0.2, 0.25) is 9.84 Å². The summed E-state index contributed by atoms with van der Waals surface area (Å²) in [5.74, 6) is 0. The predicted octanol–water partition coefficient (Wildman–Crippen LogP) is 5.02. The number of hydrogen-bond donors (Lipinski definition) is 2. The molecule has 0 aromatic heterocycles. The summed E-state index contributed by atoms with van der Waals surface area (Å²) in [7, 11) is -3.84. The van der Waals surface area contributed by atoms with Gasteiger partial charge in [0, 0.05) is 22.5 Å². The van der Waals surface area contributed by atoms with Gasteiger partial charge >= 0.3 is 0 Å². The second-order valence-electron chi connectivity index (χ2n) is 6.75. The fraction of sp³-hybridized carbons (Fsp3) is 0. The van der Waals surface area contributed by atoms with E-state index in [0.29, 0.717) is 22.5 Å². The van der Waals surface area contributed by atoms with Gasteiger partial charge < -0.3 is 11.5 Å². The van der Waals surface area contributed by atoms with Crippen molar-refractivity contribution in [1.29, 1.82) is 0 Å². The second-order valence-corrected chi connectivity index (χ2v) is 8.63. The van der Waals surface area contributed by atoms with E-state index in [1.54, 1.807) is 36.4 Å². The average molecular weight is 401 g/mol. The fourth-order valence-electron chi connectivity index (χ4n) is 3.37. The summed E-state index contributed by atoms with van der Waals surface area (Å²) in [6.07, 6.45) is 0. The van der Waals surface area contributed by atoms with Crippen molar-refractivity contribution in [1.82, 2.24) is 0 Å². The lowest BCUT2D eigenvalue weighted by molar-refractivity contribution is 0.596. The monoisotopic (exact) mass is 400 g/mol. The van der Waals surface area contributed by atoms with Crippen molar-refractivity contribution < 1.29 is 8.42 Å². The van der Waals surface area contributed by atoms with Crippen LogP contribution < -0.4 is 11.5 Å². The zero-order chi connectivity index (χ0) is 20.4. The molecule has 0 atom stereocenters. The largest absolute Gasteiger partial charge is 0.399 e. The lowest BCUT2D eigenvalue weighted by Crippen LogP contribution is -2.07. The van der Waals surface area contributed by atoms with Crippen molar-refractivity contribution in [3.63, 3.8) is 0 Å². The first kappa shape index (κ1) is 18.8. The van der Waals surface area contributed by atoms with Crippen molar-refractivity contribution in [2.45, 2.75) is 9.79 Å². The maximum atomic E-state index is 13.8. The van der Waals surface area contributed by atoms with Crippen LogP contribution in [-0.4, -0.2) is 8.42 Å². The van der Waals surface area contributed by atoms with Crippen LogP contribution >= 0.6 is 0 Å². The molecule has 0 saturated carbocycles. The molecule has 0 aliphatic heterocycles. The number of anilines is 2. The Morgan fingerprint density at radius 1 is 0.517 bits per heavy atom. The Kier molecular flexibility index (Phi) is 4.82. The minimum absolute atomic E-state index is 0.208. The SMILES string of the molecule is Nc1ccc(S(=O)(=O)c2ccc(N)cc2-c2ccccc2)c(-c2ccccc2)c1. The van der Waals surface area contributed by atoms with Crippen molar-refractivity contribution in [3.05, 3.63) is 97.1 Å². The van der Waals surface area contributed by atoms with Gasteiger partial charge in [-0.25, -0.2) is 8.42 Å². The van der Waals surface area contributed by atoms with Gasteiger partial charge in [0.1, 0.15) is 0 Å². The van der Waals surface area contributed by atoms with Crippen molar-refractivity contribution in [2.24, 2.45) is 0 Å². The van der Waals surface area contributed by atoms with Gasteiger partial charge in [-0.1, -0.05) is 60.7 Å². The molecule has 0 spiro atoms. The molecule has 144 valence electrons.